The predicted octanol–water partition coefficient (Wildman–Crippen LogP) is 3.51. The molecule has 1 aliphatic heterocycles. The number of ketones is 1. The zero-order valence-corrected chi connectivity index (χ0v) is 16.6. The lowest BCUT2D eigenvalue weighted by Gasteiger charge is -2.12. The number of amidine groups is 1. The molecule has 8 heteroatoms. The number of halogens is 1. The van der Waals surface area contributed by atoms with Crippen LogP contribution in [0.1, 0.15) is 29.3 Å². The highest BCUT2D eigenvalue weighted by Gasteiger charge is 2.32. The second kappa shape index (κ2) is 9.03. The van der Waals surface area contributed by atoms with Crippen LogP contribution in [0, 0.1) is 0 Å². The molecule has 1 saturated heterocycles. The molecule has 1 aliphatic rings. The topological polar surface area (TPSA) is 87.6 Å². The molecule has 1 atom stereocenters. The number of hydrogen-bond acceptors (Lipinski definition) is 5. The van der Waals surface area contributed by atoms with Gasteiger partial charge in [-0.15, -0.1) is 0 Å². The van der Waals surface area contributed by atoms with Gasteiger partial charge in [-0.05, 0) is 25.1 Å². The van der Waals surface area contributed by atoms with Gasteiger partial charge in [-0.25, -0.2) is 0 Å². The highest BCUT2D eigenvalue weighted by molar-refractivity contribution is 8.15. The highest BCUT2D eigenvalue weighted by Crippen LogP contribution is 2.26. The van der Waals surface area contributed by atoms with Crippen molar-refractivity contribution in [1.82, 2.24) is 5.32 Å². The Kier molecular flexibility index (Phi) is 6.49. The van der Waals surface area contributed by atoms with E-state index in [0.29, 0.717) is 33.5 Å². The lowest BCUT2D eigenvalue weighted by Crippen LogP contribution is -2.28. The van der Waals surface area contributed by atoms with Gasteiger partial charge in [-0.1, -0.05) is 53.7 Å². The fraction of sp³-hybridized carbons (Fsp3) is 0.200. The van der Waals surface area contributed by atoms with Crippen molar-refractivity contribution < 1.29 is 14.4 Å². The Morgan fingerprint density at radius 3 is 2.68 bits per heavy atom. The zero-order valence-electron chi connectivity index (χ0n) is 15.1. The summed E-state index contributed by atoms with van der Waals surface area (Å²) in [4.78, 5) is 41.4. The molecule has 0 aliphatic carbocycles. The first-order valence-corrected chi connectivity index (χ1v) is 9.94. The maximum atomic E-state index is 12.8. The molecule has 0 aromatic heterocycles. The number of nitrogens with zero attached hydrogens (tertiary/aromatic N) is 1. The van der Waals surface area contributed by atoms with E-state index in [1.807, 2.05) is 13.0 Å². The maximum absolute atomic E-state index is 12.8. The van der Waals surface area contributed by atoms with Gasteiger partial charge in [-0.2, -0.15) is 0 Å². The van der Waals surface area contributed by atoms with E-state index in [-0.39, 0.29) is 24.0 Å². The molecule has 2 amide bonds. The highest BCUT2D eigenvalue weighted by atomic mass is 35.5. The molecule has 1 fully saturated rings. The fourth-order valence-corrected chi connectivity index (χ4v) is 3.89. The number of carbonyl (C=O) groups is 3. The van der Waals surface area contributed by atoms with Crippen molar-refractivity contribution >= 4 is 51.8 Å². The summed E-state index contributed by atoms with van der Waals surface area (Å²) >= 11 is 7.29. The number of aliphatic imine (C=N–C) groups is 1. The number of carbonyl (C=O) groups excluding carboxylic acids is 3. The van der Waals surface area contributed by atoms with Crippen LogP contribution < -0.4 is 10.6 Å². The van der Waals surface area contributed by atoms with E-state index < -0.39 is 5.25 Å². The standard InChI is InChI=1S/C20H18ClN3O3S/c1-2-22-20-24-19(27)16(28-20)11-17(25)23-15-9-8-13(21)10-14(15)18(26)12-6-4-3-5-7-12/h3-10,16H,2,11H2,1H3,(H,23,25)(H,22,24,27)/t16-/m1/s1. The van der Waals surface area contributed by atoms with Crippen molar-refractivity contribution in [3.05, 3.63) is 64.7 Å². The van der Waals surface area contributed by atoms with E-state index in [1.165, 1.54) is 17.8 Å². The molecule has 1 heterocycles. The molecule has 2 N–H and O–H groups in total. The molecular weight excluding hydrogens is 398 g/mol. The fourth-order valence-electron chi connectivity index (χ4n) is 2.69. The van der Waals surface area contributed by atoms with E-state index in [4.69, 9.17) is 11.6 Å². The van der Waals surface area contributed by atoms with Gasteiger partial charge in [0.2, 0.25) is 11.8 Å². The average molecular weight is 416 g/mol. The molecule has 0 spiro atoms. The van der Waals surface area contributed by atoms with Gasteiger partial charge in [0, 0.05) is 29.1 Å². The number of nitrogens with one attached hydrogen (secondary N) is 2. The van der Waals surface area contributed by atoms with E-state index >= 15 is 0 Å². The van der Waals surface area contributed by atoms with Crippen molar-refractivity contribution in [3.8, 4) is 0 Å². The van der Waals surface area contributed by atoms with Gasteiger partial charge < -0.3 is 10.6 Å². The Labute approximate surface area is 171 Å². The molecule has 2 aromatic rings. The monoisotopic (exact) mass is 415 g/mol. The Balaban J connectivity index is 1.76. The van der Waals surface area contributed by atoms with Crippen LogP contribution in [0.5, 0.6) is 0 Å². The van der Waals surface area contributed by atoms with Crippen LogP contribution in [0.4, 0.5) is 5.69 Å². The van der Waals surface area contributed by atoms with Crippen molar-refractivity contribution in [3.63, 3.8) is 0 Å². The molecule has 0 saturated carbocycles. The Hall–Kier alpha value is -2.64. The van der Waals surface area contributed by atoms with Crippen LogP contribution in [0.25, 0.3) is 0 Å². The third kappa shape index (κ3) is 4.79. The first kappa shape index (κ1) is 20.1. The van der Waals surface area contributed by atoms with Crippen molar-refractivity contribution in [2.45, 2.75) is 18.6 Å². The first-order valence-electron chi connectivity index (χ1n) is 8.69. The third-order valence-corrected chi connectivity index (χ3v) is 5.34. The van der Waals surface area contributed by atoms with Crippen LogP contribution in [-0.2, 0) is 9.59 Å². The van der Waals surface area contributed by atoms with Gasteiger partial charge in [0.1, 0.15) is 5.25 Å². The number of amides is 2. The lowest BCUT2D eigenvalue weighted by molar-refractivity contribution is -0.122. The second-order valence-electron chi connectivity index (χ2n) is 6.01. The molecule has 0 bridgehead atoms. The van der Waals surface area contributed by atoms with Gasteiger partial charge in [-0.3, -0.25) is 19.4 Å². The summed E-state index contributed by atoms with van der Waals surface area (Å²) in [6.45, 7) is 2.42. The molecule has 3 rings (SSSR count). The third-order valence-electron chi connectivity index (χ3n) is 3.99. The molecule has 144 valence electrons. The van der Waals surface area contributed by atoms with Crippen molar-refractivity contribution in [2.75, 3.05) is 11.9 Å². The number of hydrogen-bond donors (Lipinski definition) is 2. The molecule has 6 nitrogen and oxygen atoms in total. The predicted molar refractivity (Wildman–Crippen MR) is 112 cm³/mol. The summed E-state index contributed by atoms with van der Waals surface area (Å²) in [7, 11) is 0. The number of thioether (sulfide) groups is 1. The minimum absolute atomic E-state index is 0.0270. The van der Waals surface area contributed by atoms with Crippen molar-refractivity contribution in [1.29, 1.82) is 0 Å². The number of rotatable bonds is 6. The summed E-state index contributed by atoms with van der Waals surface area (Å²) in [6, 6.07) is 13.5. The van der Waals surface area contributed by atoms with Gasteiger partial charge >= 0.3 is 0 Å². The minimum atomic E-state index is -0.550. The van der Waals surface area contributed by atoms with Crippen LogP contribution in [0.15, 0.2) is 53.5 Å². The van der Waals surface area contributed by atoms with Gasteiger partial charge in [0.05, 0.1) is 5.69 Å². The SMILES string of the molecule is CCN=C1NC(=O)[C@@H](CC(=O)Nc2ccc(Cl)cc2C(=O)c2ccccc2)S1. The van der Waals surface area contributed by atoms with E-state index in [2.05, 4.69) is 15.6 Å². The summed E-state index contributed by atoms with van der Waals surface area (Å²) in [5.74, 6) is -0.859. The van der Waals surface area contributed by atoms with E-state index in [1.54, 1.807) is 36.4 Å². The summed E-state index contributed by atoms with van der Waals surface area (Å²) < 4.78 is 0. The largest absolute Gasteiger partial charge is 0.325 e. The summed E-state index contributed by atoms with van der Waals surface area (Å²) in [5, 5.41) is 5.75. The summed E-state index contributed by atoms with van der Waals surface area (Å²) in [6.07, 6.45) is -0.0270. The van der Waals surface area contributed by atoms with Crippen LogP contribution >= 0.6 is 23.4 Å². The Morgan fingerprint density at radius 1 is 1.21 bits per heavy atom. The lowest BCUT2D eigenvalue weighted by atomic mass is 10.0. The molecular formula is C20H18ClN3O3S. The first-order chi connectivity index (χ1) is 13.5. The average Bonchev–Trinajstić information content (AvgIpc) is 3.02. The molecule has 0 unspecified atom stereocenters. The molecule has 28 heavy (non-hydrogen) atoms. The van der Waals surface area contributed by atoms with Crippen LogP contribution in [0.3, 0.4) is 0 Å². The van der Waals surface area contributed by atoms with Crippen LogP contribution in [0.2, 0.25) is 5.02 Å². The normalized spacial score (nSPS) is 17.4. The van der Waals surface area contributed by atoms with Gasteiger partial charge in [0.25, 0.3) is 0 Å². The van der Waals surface area contributed by atoms with Gasteiger partial charge in [0.15, 0.2) is 11.0 Å². The van der Waals surface area contributed by atoms with Crippen LogP contribution in [-0.4, -0.2) is 34.6 Å². The van der Waals surface area contributed by atoms with Crippen molar-refractivity contribution in [2.24, 2.45) is 4.99 Å². The molecule has 0 radical (unpaired) electrons. The second-order valence-corrected chi connectivity index (χ2v) is 7.64. The quantitative estimate of drug-likeness (QED) is 0.707. The number of benzene rings is 2. The Morgan fingerprint density at radius 2 is 1.96 bits per heavy atom. The Bertz CT molecular complexity index is 947. The maximum Gasteiger partial charge on any atom is 0.240 e. The van der Waals surface area contributed by atoms with E-state index in [9.17, 15) is 14.4 Å². The van der Waals surface area contributed by atoms with E-state index in [0.717, 1.165) is 0 Å². The number of anilines is 1. The smallest absolute Gasteiger partial charge is 0.240 e. The summed E-state index contributed by atoms with van der Waals surface area (Å²) in [5.41, 5.74) is 1.14. The minimum Gasteiger partial charge on any atom is -0.325 e. The zero-order chi connectivity index (χ0) is 20.1. The molecule has 2 aromatic carbocycles.